The lowest BCUT2D eigenvalue weighted by Gasteiger charge is -2.19. The fourth-order valence-electron chi connectivity index (χ4n) is 1.70. The van der Waals surface area contributed by atoms with Crippen molar-refractivity contribution in [2.24, 2.45) is 0 Å². The molecule has 0 amide bonds. The van der Waals surface area contributed by atoms with E-state index in [1.165, 1.54) is 7.05 Å². The van der Waals surface area contributed by atoms with Crippen LogP contribution in [0.4, 0.5) is 13.2 Å². The summed E-state index contributed by atoms with van der Waals surface area (Å²) < 4.78 is 36.6. The Bertz CT molecular complexity index is 418. The fourth-order valence-corrected chi connectivity index (χ4v) is 1.70. The summed E-state index contributed by atoms with van der Waals surface area (Å²) in [5.41, 5.74) is 1.14. The molecule has 0 aliphatic rings. The number of alkyl halides is 3. The monoisotopic (exact) mass is 261 g/mol. The van der Waals surface area contributed by atoms with Crippen molar-refractivity contribution in [2.45, 2.75) is 19.1 Å². The Morgan fingerprint density at radius 1 is 1.28 bits per heavy atom. The standard InChI is InChI=1S/C12H14F3NO2/c1-16(8-12(13,14)15)7-10-5-3-2-4-9(10)6-11(17)18/h2-5H,6-8H2,1H3,(H,17,18). The summed E-state index contributed by atoms with van der Waals surface area (Å²) >= 11 is 0. The van der Waals surface area contributed by atoms with Crippen LogP contribution in [0.1, 0.15) is 11.1 Å². The molecule has 3 nitrogen and oxygen atoms in total. The molecule has 0 saturated carbocycles. The molecular formula is C12H14F3NO2. The average molecular weight is 261 g/mol. The number of benzene rings is 1. The van der Waals surface area contributed by atoms with E-state index in [-0.39, 0.29) is 13.0 Å². The highest BCUT2D eigenvalue weighted by molar-refractivity contribution is 5.70. The highest BCUT2D eigenvalue weighted by atomic mass is 19.4. The summed E-state index contributed by atoms with van der Waals surface area (Å²) in [6, 6.07) is 6.61. The number of nitrogens with zero attached hydrogens (tertiary/aromatic N) is 1. The SMILES string of the molecule is CN(Cc1ccccc1CC(=O)O)CC(F)(F)F. The first-order chi connectivity index (χ1) is 8.28. The molecule has 0 aliphatic heterocycles. The van der Waals surface area contributed by atoms with Crippen LogP contribution < -0.4 is 0 Å². The van der Waals surface area contributed by atoms with Crippen molar-refractivity contribution < 1.29 is 23.1 Å². The minimum absolute atomic E-state index is 0.0724. The van der Waals surface area contributed by atoms with Crippen LogP contribution in [-0.4, -0.2) is 35.7 Å². The van der Waals surface area contributed by atoms with Crippen LogP contribution in [0.5, 0.6) is 0 Å². The van der Waals surface area contributed by atoms with E-state index < -0.39 is 18.7 Å². The van der Waals surface area contributed by atoms with E-state index in [4.69, 9.17) is 5.11 Å². The van der Waals surface area contributed by atoms with Crippen LogP contribution in [-0.2, 0) is 17.8 Å². The number of aliphatic carboxylic acids is 1. The number of hydrogen-bond donors (Lipinski definition) is 1. The third-order valence-electron chi connectivity index (χ3n) is 2.35. The second kappa shape index (κ2) is 5.86. The summed E-state index contributed by atoms with van der Waals surface area (Å²) in [6.07, 6.45) is -4.44. The van der Waals surface area contributed by atoms with E-state index in [9.17, 15) is 18.0 Å². The first-order valence-corrected chi connectivity index (χ1v) is 5.32. The van der Waals surface area contributed by atoms with Crippen molar-refractivity contribution in [1.82, 2.24) is 4.90 Å². The van der Waals surface area contributed by atoms with Gasteiger partial charge in [0.15, 0.2) is 0 Å². The van der Waals surface area contributed by atoms with E-state index in [1.54, 1.807) is 24.3 Å². The largest absolute Gasteiger partial charge is 0.481 e. The maximum Gasteiger partial charge on any atom is 0.401 e. The maximum absolute atomic E-state index is 12.2. The zero-order chi connectivity index (χ0) is 13.8. The minimum Gasteiger partial charge on any atom is -0.481 e. The Morgan fingerprint density at radius 2 is 1.83 bits per heavy atom. The van der Waals surface area contributed by atoms with Crippen molar-refractivity contribution in [1.29, 1.82) is 0 Å². The summed E-state index contributed by atoms with van der Waals surface area (Å²) in [6.45, 7) is -0.947. The Morgan fingerprint density at radius 3 is 2.33 bits per heavy atom. The van der Waals surface area contributed by atoms with Crippen LogP contribution in [0, 0.1) is 0 Å². The molecule has 0 radical (unpaired) electrons. The van der Waals surface area contributed by atoms with Crippen molar-refractivity contribution >= 4 is 5.97 Å². The quantitative estimate of drug-likeness (QED) is 0.884. The maximum atomic E-state index is 12.2. The molecule has 0 spiro atoms. The topological polar surface area (TPSA) is 40.5 Å². The zero-order valence-electron chi connectivity index (χ0n) is 9.87. The molecule has 0 atom stereocenters. The van der Waals surface area contributed by atoms with E-state index >= 15 is 0 Å². The molecule has 0 aromatic heterocycles. The van der Waals surface area contributed by atoms with E-state index in [0.717, 1.165) is 4.90 Å². The lowest BCUT2D eigenvalue weighted by atomic mass is 10.0. The molecule has 0 heterocycles. The Labute approximate surface area is 103 Å². The van der Waals surface area contributed by atoms with E-state index in [2.05, 4.69) is 0 Å². The molecular weight excluding hydrogens is 247 g/mol. The van der Waals surface area contributed by atoms with Gasteiger partial charge in [-0.2, -0.15) is 13.2 Å². The molecule has 6 heteroatoms. The van der Waals surface area contributed by atoms with E-state index in [0.29, 0.717) is 11.1 Å². The van der Waals surface area contributed by atoms with Gasteiger partial charge in [0.05, 0.1) is 13.0 Å². The van der Waals surface area contributed by atoms with Gasteiger partial charge in [0, 0.05) is 6.54 Å². The first-order valence-electron chi connectivity index (χ1n) is 5.32. The third kappa shape index (κ3) is 5.18. The summed E-state index contributed by atoms with van der Waals surface area (Å²) in [7, 11) is 1.35. The predicted octanol–water partition coefficient (Wildman–Crippen LogP) is 2.31. The van der Waals surface area contributed by atoms with Crippen LogP contribution in [0.3, 0.4) is 0 Å². The number of halogens is 3. The van der Waals surface area contributed by atoms with Crippen molar-refractivity contribution in [3.63, 3.8) is 0 Å². The molecule has 0 unspecified atom stereocenters. The van der Waals surface area contributed by atoms with Gasteiger partial charge in [0.25, 0.3) is 0 Å². The van der Waals surface area contributed by atoms with E-state index in [1.807, 2.05) is 0 Å². The summed E-state index contributed by atoms with van der Waals surface area (Å²) in [5, 5.41) is 8.72. The van der Waals surface area contributed by atoms with Crippen molar-refractivity contribution in [3.05, 3.63) is 35.4 Å². The van der Waals surface area contributed by atoms with Crippen molar-refractivity contribution in [3.8, 4) is 0 Å². The normalized spacial score (nSPS) is 11.8. The molecule has 0 bridgehead atoms. The van der Waals surface area contributed by atoms with Gasteiger partial charge in [0.2, 0.25) is 0 Å². The fraction of sp³-hybridized carbons (Fsp3) is 0.417. The van der Waals surface area contributed by atoms with Crippen molar-refractivity contribution in [2.75, 3.05) is 13.6 Å². The molecule has 0 aliphatic carbocycles. The van der Waals surface area contributed by atoms with Gasteiger partial charge >= 0.3 is 12.1 Å². The van der Waals surface area contributed by atoms with Gasteiger partial charge < -0.3 is 5.11 Å². The molecule has 1 aromatic rings. The second-order valence-corrected chi connectivity index (χ2v) is 4.13. The Kier molecular flexibility index (Phi) is 4.72. The summed E-state index contributed by atoms with van der Waals surface area (Å²) in [5.74, 6) is -0.999. The molecule has 1 aromatic carbocycles. The number of rotatable bonds is 5. The predicted molar refractivity (Wildman–Crippen MR) is 60.2 cm³/mol. The molecule has 1 N–H and O–H groups in total. The molecule has 100 valence electrons. The number of carbonyl (C=O) groups is 1. The number of carboxylic acids is 1. The smallest absolute Gasteiger partial charge is 0.401 e. The van der Waals surface area contributed by atoms with Gasteiger partial charge in [-0.25, -0.2) is 0 Å². The van der Waals surface area contributed by atoms with Gasteiger partial charge in [0.1, 0.15) is 0 Å². The minimum atomic E-state index is -4.25. The van der Waals surface area contributed by atoms with Gasteiger partial charge in [-0.3, -0.25) is 9.69 Å². The van der Waals surface area contributed by atoms with Crippen LogP contribution in [0.25, 0.3) is 0 Å². The molecule has 0 saturated heterocycles. The average Bonchev–Trinajstić information content (AvgIpc) is 2.17. The second-order valence-electron chi connectivity index (χ2n) is 4.13. The zero-order valence-corrected chi connectivity index (χ0v) is 9.87. The summed E-state index contributed by atoms with van der Waals surface area (Å²) in [4.78, 5) is 11.8. The van der Waals surface area contributed by atoms with Gasteiger partial charge in [-0.1, -0.05) is 24.3 Å². The first kappa shape index (κ1) is 14.5. The molecule has 1 rings (SSSR count). The number of carboxylic acid groups (broad SMARTS) is 1. The molecule has 0 fully saturated rings. The third-order valence-corrected chi connectivity index (χ3v) is 2.35. The number of hydrogen-bond acceptors (Lipinski definition) is 2. The molecule has 18 heavy (non-hydrogen) atoms. The van der Waals surface area contributed by atoms with Crippen LogP contribution in [0.15, 0.2) is 24.3 Å². The highest BCUT2D eigenvalue weighted by Gasteiger charge is 2.29. The lowest BCUT2D eigenvalue weighted by Crippen LogP contribution is -2.30. The lowest BCUT2D eigenvalue weighted by molar-refractivity contribution is -0.144. The Hall–Kier alpha value is -1.56. The highest BCUT2D eigenvalue weighted by Crippen LogP contribution is 2.18. The Balaban J connectivity index is 2.74. The van der Waals surface area contributed by atoms with Gasteiger partial charge in [-0.05, 0) is 18.2 Å². The van der Waals surface area contributed by atoms with Gasteiger partial charge in [-0.15, -0.1) is 0 Å². The van der Waals surface area contributed by atoms with Crippen LogP contribution in [0.2, 0.25) is 0 Å². The van der Waals surface area contributed by atoms with Crippen LogP contribution >= 0.6 is 0 Å².